The minimum Gasteiger partial charge on any atom is -0.323 e. The number of H-pyrrole nitrogens is 1. The lowest BCUT2D eigenvalue weighted by Crippen LogP contribution is -2.27. The molecule has 1 heterocycles. The van der Waals surface area contributed by atoms with Crippen molar-refractivity contribution in [3.8, 4) is 11.3 Å². The first-order valence-corrected chi connectivity index (χ1v) is 7.74. The zero-order valence-electron chi connectivity index (χ0n) is 12.6. The number of nitrogens with zero attached hydrogens (tertiary/aromatic N) is 1. The topological polar surface area (TPSA) is 57.8 Å². The van der Waals surface area contributed by atoms with Crippen LogP contribution in [0.1, 0.15) is 32.6 Å². The molecule has 116 valence electrons. The fourth-order valence-corrected chi connectivity index (χ4v) is 3.16. The molecular weight excluding hydrogens is 281 g/mol. The second-order valence-electron chi connectivity index (χ2n) is 6.10. The maximum atomic E-state index is 13.9. The Balaban J connectivity index is 1.78. The van der Waals surface area contributed by atoms with Crippen LogP contribution in [-0.4, -0.2) is 16.1 Å². The van der Waals surface area contributed by atoms with E-state index >= 15 is 0 Å². The molecule has 22 heavy (non-hydrogen) atoms. The average Bonchev–Trinajstić information content (AvgIpc) is 2.95. The van der Waals surface area contributed by atoms with E-state index in [1.54, 1.807) is 18.2 Å². The Morgan fingerprint density at radius 3 is 2.95 bits per heavy atom. The fourth-order valence-electron chi connectivity index (χ4n) is 3.16. The lowest BCUT2D eigenvalue weighted by atomic mass is 9.82. The van der Waals surface area contributed by atoms with E-state index in [0.29, 0.717) is 22.9 Å². The summed E-state index contributed by atoms with van der Waals surface area (Å²) < 4.78 is 13.9. The number of carbonyl (C=O) groups is 1. The number of aromatic amines is 1. The second kappa shape index (κ2) is 6.30. The lowest BCUT2D eigenvalue weighted by Gasteiger charge is -2.25. The van der Waals surface area contributed by atoms with E-state index in [2.05, 4.69) is 22.4 Å². The van der Waals surface area contributed by atoms with Gasteiger partial charge >= 0.3 is 0 Å². The van der Waals surface area contributed by atoms with Crippen LogP contribution in [0.3, 0.4) is 0 Å². The molecule has 1 aromatic heterocycles. The summed E-state index contributed by atoms with van der Waals surface area (Å²) >= 11 is 0. The van der Waals surface area contributed by atoms with Crippen LogP contribution in [-0.2, 0) is 4.79 Å². The zero-order valence-corrected chi connectivity index (χ0v) is 12.6. The molecule has 1 amide bonds. The molecule has 1 aliphatic carbocycles. The first-order chi connectivity index (χ1) is 10.6. The van der Waals surface area contributed by atoms with Gasteiger partial charge in [-0.05, 0) is 30.9 Å². The number of aromatic nitrogens is 2. The van der Waals surface area contributed by atoms with Gasteiger partial charge in [0.05, 0.1) is 17.6 Å². The number of hydrogen-bond donors (Lipinski definition) is 2. The van der Waals surface area contributed by atoms with Gasteiger partial charge in [-0.1, -0.05) is 31.9 Å². The van der Waals surface area contributed by atoms with Gasteiger partial charge in [0.25, 0.3) is 0 Å². The maximum Gasteiger partial charge on any atom is 0.227 e. The molecule has 2 N–H and O–H groups in total. The van der Waals surface area contributed by atoms with E-state index < -0.39 is 0 Å². The molecule has 4 nitrogen and oxygen atoms in total. The SMILES string of the molecule is C[C@@H]1CCC[C@@H](C(=O)Nc2cn[nH]c2-c2ccccc2F)C1. The molecule has 0 unspecified atom stereocenters. The number of rotatable bonds is 3. The molecule has 1 aliphatic rings. The van der Waals surface area contributed by atoms with Crippen LogP contribution in [0.4, 0.5) is 10.1 Å². The monoisotopic (exact) mass is 301 g/mol. The van der Waals surface area contributed by atoms with Gasteiger partial charge < -0.3 is 5.32 Å². The Morgan fingerprint density at radius 2 is 2.18 bits per heavy atom. The van der Waals surface area contributed by atoms with Crippen molar-refractivity contribution in [3.05, 3.63) is 36.3 Å². The van der Waals surface area contributed by atoms with E-state index in [4.69, 9.17) is 0 Å². The van der Waals surface area contributed by atoms with Crippen molar-refractivity contribution in [3.63, 3.8) is 0 Å². The minimum absolute atomic E-state index is 0.00513. The van der Waals surface area contributed by atoms with E-state index in [1.807, 2.05) is 0 Å². The van der Waals surface area contributed by atoms with Gasteiger partial charge in [-0.15, -0.1) is 0 Å². The van der Waals surface area contributed by atoms with E-state index in [9.17, 15) is 9.18 Å². The molecule has 0 aliphatic heterocycles. The summed E-state index contributed by atoms with van der Waals surface area (Å²) in [7, 11) is 0. The number of halogens is 1. The highest BCUT2D eigenvalue weighted by molar-refractivity contribution is 5.95. The van der Waals surface area contributed by atoms with Crippen LogP contribution in [0.15, 0.2) is 30.5 Å². The Hall–Kier alpha value is -2.17. The van der Waals surface area contributed by atoms with Crippen molar-refractivity contribution >= 4 is 11.6 Å². The van der Waals surface area contributed by atoms with Crippen molar-refractivity contribution in [2.75, 3.05) is 5.32 Å². The summed E-state index contributed by atoms with van der Waals surface area (Å²) in [5.74, 6) is 0.283. The largest absolute Gasteiger partial charge is 0.323 e. The highest BCUT2D eigenvalue weighted by atomic mass is 19.1. The van der Waals surface area contributed by atoms with Crippen molar-refractivity contribution in [2.45, 2.75) is 32.6 Å². The number of benzene rings is 1. The Bertz CT molecular complexity index is 667. The molecule has 2 atom stereocenters. The lowest BCUT2D eigenvalue weighted by molar-refractivity contribution is -0.121. The van der Waals surface area contributed by atoms with Crippen molar-refractivity contribution in [1.29, 1.82) is 0 Å². The van der Waals surface area contributed by atoms with Crippen molar-refractivity contribution in [2.24, 2.45) is 11.8 Å². The van der Waals surface area contributed by atoms with Crippen LogP contribution >= 0.6 is 0 Å². The summed E-state index contributed by atoms with van der Waals surface area (Å²) in [6.45, 7) is 2.18. The van der Waals surface area contributed by atoms with Gasteiger partial charge in [-0.3, -0.25) is 9.89 Å². The first-order valence-electron chi connectivity index (χ1n) is 7.74. The smallest absolute Gasteiger partial charge is 0.227 e. The van der Waals surface area contributed by atoms with E-state index in [-0.39, 0.29) is 17.6 Å². The Morgan fingerprint density at radius 1 is 1.36 bits per heavy atom. The van der Waals surface area contributed by atoms with Gasteiger partial charge in [0.15, 0.2) is 0 Å². The molecule has 1 aromatic carbocycles. The summed E-state index contributed by atoms with van der Waals surface area (Å²) in [5.41, 5.74) is 1.45. The van der Waals surface area contributed by atoms with Gasteiger partial charge in [-0.2, -0.15) is 5.10 Å². The average molecular weight is 301 g/mol. The molecule has 0 saturated heterocycles. The number of carbonyl (C=O) groups excluding carboxylic acids is 1. The molecule has 5 heteroatoms. The second-order valence-corrected chi connectivity index (χ2v) is 6.10. The van der Waals surface area contributed by atoms with Crippen LogP contribution in [0.2, 0.25) is 0 Å². The van der Waals surface area contributed by atoms with Crippen LogP contribution in [0.5, 0.6) is 0 Å². The van der Waals surface area contributed by atoms with Gasteiger partial charge in [0, 0.05) is 11.5 Å². The van der Waals surface area contributed by atoms with Gasteiger partial charge in [0.1, 0.15) is 5.82 Å². The number of hydrogen-bond acceptors (Lipinski definition) is 2. The normalized spacial score (nSPS) is 21.5. The molecule has 1 saturated carbocycles. The molecular formula is C17H20FN3O. The highest BCUT2D eigenvalue weighted by Gasteiger charge is 2.26. The predicted octanol–water partition coefficient (Wildman–Crippen LogP) is 3.98. The van der Waals surface area contributed by atoms with Crippen LogP contribution in [0, 0.1) is 17.7 Å². The fraction of sp³-hybridized carbons (Fsp3) is 0.412. The highest BCUT2D eigenvalue weighted by Crippen LogP contribution is 2.31. The predicted molar refractivity (Wildman–Crippen MR) is 83.7 cm³/mol. The standard InChI is InChI=1S/C17H20FN3O/c1-11-5-4-6-12(9-11)17(22)20-15-10-19-21-16(15)13-7-2-3-8-14(13)18/h2-3,7-8,10-12H,4-6,9H2,1H3,(H,19,21)(H,20,22)/t11-,12-/m1/s1. The zero-order chi connectivity index (χ0) is 15.5. The maximum absolute atomic E-state index is 13.9. The Kier molecular flexibility index (Phi) is 4.22. The quantitative estimate of drug-likeness (QED) is 0.901. The Labute approximate surface area is 129 Å². The molecule has 2 aromatic rings. The van der Waals surface area contributed by atoms with Crippen molar-refractivity contribution < 1.29 is 9.18 Å². The summed E-state index contributed by atoms with van der Waals surface area (Å²) in [4.78, 5) is 12.4. The molecule has 0 radical (unpaired) electrons. The third-order valence-electron chi connectivity index (χ3n) is 4.35. The van der Waals surface area contributed by atoms with Crippen LogP contribution in [0.25, 0.3) is 11.3 Å². The summed E-state index contributed by atoms with van der Waals surface area (Å²) in [6.07, 6.45) is 5.65. The summed E-state index contributed by atoms with van der Waals surface area (Å²) in [6, 6.07) is 6.45. The van der Waals surface area contributed by atoms with E-state index in [0.717, 1.165) is 19.3 Å². The minimum atomic E-state index is -0.339. The third kappa shape index (κ3) is 3.03. The van der Waals surface area contributed by atoms with Crippen LogP contribution < -0.4 is 5.32 Å². The number of amides is 1. The number of nitrogens with one attached hydrogen (secondary N) is 2. The van der Waals surface area contributed by atoms with Gasteiger partial charge in [-0.25, -0.2) is 4.39 Å². The van der Waals surface area contributed by atoms with E-state index in [1.165, 1.54) is 18.7 Å². The number of anilines is 1. The van der Waals surface area contributed by atoms with Crippen molar-refractivity contribution in [1.82, 2.24) is 10.2 Å². The molecule has 0 bridgehead atoms. The molecule has 1 fully saturated rings. The molecule has 3 rings (SSSR count). The molecule has 0 spiro atoms. The summed E-state index contributed by atoms with van der Waals surface area (Å²) in [5, 5.41) is 9.63. The first kappa shape index (κ1) is 14.8. The third-order valence-corrected chi connectivity index (χ3v) is 4.35. The van der Waals surface area contributed by atoms with Gasteiger partial charge in [0.2, 0.25) is 5.91 Å².